The molecule has 2 rings (SSSR count). The van der Waals surface area contributed by atoms with Gasteiger partial charge in [-0.1, -0.05) is 0 Å². The zero-order valence-corrected chi connectivity index (χ0v) is 6.68. The highest BCUT2D eigenvalue weighted by atomic mass is 19.1. The van der Waals surface area contributed by atoms with E-state index in [2.05, 4.69) is 0 Å². The Balaban J connectivity index is 2.63. The van der Waals surface area contributed by atoms with Crippen molar-refractivity contribution in [2.75, 3.05) is 6.61 Å². The highest BCUT2D eigenvalue weighted by Crippen LogP contribution is 2.34. The van der Waals surface area contributed by atoms with E-state index in [0.717, 1.165) is 6.07 Å². The zero-order chi connectivity index (χ0) is 10.3. The number of hydrogen-bond acceptors (Lipinski definition) is 2. The van der Waals surface area contributed by atoms with Crippen molar-refractivity contribution >= 4 is 0 Å². The lowest BCUT2D eigenvalue weighted by Gasteiger charge is -2.22. The van der Waals surface area contributed by atoms with Gasteiger partial charge in [0.1, 0.15) is 5.82 Å². The average molecular weight is 187 g/mol. The predicted molar refractivity (Wildman–Crippen MR) is 41.4 cm³/mol. The molecule has 13 heavy (non-hydrogen) atoms. The van der Waals surface area contributed by atoms with Crippen molar-refractivity contribution in [2.45, 2.75) is 12.5 Å². The van der Waals surface area contributed by atoms with Crippen LogP contribution >= 0.6 is 0 Å². The summed E-state index contributed by atoms with van der Waals surface area (Å²) in [4.78, 5) is 0. The van der Waals surface area contributed by atoms with E-state index in [9.17, 15) is 13.9 Å². The van der Waals surface area contributed by atoms with Crippen LogP contribution in [0.15, 0.2) is 12.1 Å². The van der Waals surface area contributed by atoms with E-state index in [1.54, 1.807) is 0 Å². The van der Waals surface area contributed by atoms with E-state index in [4.69, 9.17) is 6.11 Å². The number of rotatable bonds is 0. The quantitative estimate of drug-likeness (QED) is 0.670. The lowest BCUT2D eigenvalue weighted by molar-refractivity contribution is 0.111. The largest absolute Gasteiger partial charge is 0.490 e. The van der Waals surface area contributed by atoms with E-state index in [1.165, 1.54) is 0 Å². The Morgan fingerprint density at radius 2 is 2.31 bits per heavy atom. The van der Waals surface area contributed by atoms with Gasteiger partial charge in [0.05, 0.1) is 14.1 Å². The Kier molecular flexibility index (Phi) is 1.65. The van der Waals surface area contributed by atoms with E-state index in [1.807, 2.05) is 0 Å². The topological polar surface area (TPSA) is 29.5 Å². The van der Waals surface area contributed by atoms with E-state index >= 15 is 0 Å². The van der Waals surface area contributed by atoms with Gasteiger partial charge in [0.25, 0.3) is 0 Å². The number of ether oxygens (including phenoxy) is 1. The molecule has 0 aliphatic carbocycles. The second-order valence-electron chi connectivity index (χ2n) is 2.81. The first-order chi connectivity index (χ1) is 6.50. The summed E-state index contributed by atoms with van der Waals surface area (Å²) in [5.74, 6) is -1.93. The van der Waals surface area contributed by atoms with Crippen molar-refractivity contribution in [1.82, 2.24) is 0 Å². The molecule has 1 aromatic carbocycles. The Labute approximate surface area is 75.2 Å². The van der Waals surface area contributed by atoms with Gasteiger partial charge < -0.3 is 9.84 Å². The maximum atomic E-state index is 13.1. The fourth-order valence-corrected chi connectivity index (χ4v) is 1.31. The molecule has 0 saturated carbocycles. The third-order valence-electron chi connectivity index (χ3n) is 1.90. The van der Waals surface area contributed by atoms with Crippen LogP contribution in [0, 0.1) is 11.6 Å². The number of halogens is 2. The lowest BCUT2D eigenvalue weighted by Crippen LogP contribution is -2.15. The number of hydrogen-bond donors (Lipinski definition) is 1. The summed E-state index contributed by atoms with van der Waals surface area (Å²) in [5.41, 5.74) is -0.152. The molecule has 1 atom stereocenters. The molecular weight excluding hydrogens is 178 g/mol. The monoisotopic (exact) mass is 187 g/mol. The van der Waals surface area contributed by atoms with Crippen LogP contribution < -0.4 is 4.74 Å². The van der Waals surface area contributed by atoms with Gasteiger partial charge in [-0.3, -0.25) is 0 Å². The third-order valence-corrected chi connectivity index (χ3v) is 1.90. The molecule has 0 saturated heterocycles. The number of fused-ring (bicyclic) bond motifs is 1. The van der Waals surface area contributed by atoms with Crippen molar-refractivity contribution in [3.8, 4) is 5.75 Å². The number of benzene rings is 1. The minimum Gasteiger partial charge on any atom is -0.490 e. The minimum absolute atomic E-state index is 0.00287. The Morgan fingerprint density at radius 3 is 3.08 bits per heavy atom. The molecule has 1 aliphatic rings. The van der Waals surface area contributed by atoms with Crippen molar-refractivity contribution < 1.29 is 20.0 Å². The smallest absolute Gasteiger partial charge is 0.168 e. The zero-order valence-electron chi connectivity index (χ0n) is 7.68. The van der Waals surface area contributed by atoms with Gasteiger partial charge in [-0.25, -0.2) is 8.78 Å². The maximum absolute atomic E-state index is 13.1. The molecule has 1 heterocycles. The van der Waals surface area contributed by atoms with Gasteiger partial charge in [-0.2, -0.15) is 0 Å². The van der Waals surface area contributed by atoms with Crippen LogP contribution in [0.4, 0.5) is 8.78 Å². The van der Waals surface area contributed by atoms with Crippen LogP contribution in [-0.4, -0.2) is 11.7 Å². The Bertz CT molecular complexity index is 379. The molecule has 0 fully saturated rings. The molecule has 0 bridgehead atoms. The molecule has 2 nitrogen and oxygen atoms in total. The molecule has 0 spiro atoms. The molecule has 1 aromatic rings. The van der Waals surface area contributed by atoms with Crippen LogP contribution in [0.3, 0.4) is 0 Å². The van der Waals surface area contributed by atoms with Gasteiger partial charge in [-0.05, 0) is 6.07 Å². The van der Waals surface area contributed by atoms with Crippen molar-refractivity contribution in [1.29, 1.82) is 0 Å². The van der Waals surface area contributed by atoms with Crippen molar-refractivity contribution in [2.24, 2.45) is 0 Å². The Hall–Kier alpha value is -1.16. The first kappa shape index (κ1) is 7.26. The summed E-state index contributed by atoms with van der Waals surface area (Å²) in [6.07, 6.45) is -1.96. The summed E-state index contributed by atoms with van der Waals surface area (Å²) in [5, 5.41) is 9.53. The maximum Gasteiger partial charge on any atom is 0.168 e. The molecule has 1 aliphatic heterocycles. The predicted octanol–water partition coefficient (Wildman–Crippen LogP) is 1.78. The first-order valence-electron chi connectivity index (χ1n) is 4.35. The van der Waals surface area contributed by atoms with E-state index in [-0.39, 0.29) is 24.3 Å². The second-order valence-corrected chi connectivity index (χ2v) is 2.81. The molecule has 0 amide bonds. The van der Waals surface area contributed by atoms with Gasteiger partial charge >= 0.3 is 0 Å². The number of aliphatic hydroxyl groups is 1. The van der Waals surface area contributed by atoms with Crippen LogP contribution in [0.25, 0.3) is 0 Å². The van der Waals surface area contributed by atoms with Crippen molar-refractivity contribution in [3.63, 3.8) is 0 Å². The minimum atomic E-state index is -1.96. The van der Waals surface area contributed by atoms with Crippen LogP contribution in [0.2, 0.25) is 0 Å². The Morgan fingerprint density at radius 1 is 1.54 bits per heavy atom. The van der Waals surface area contributed by atoms with Gasteiger partial charge in [0, 0.05) is 18.1 Å². The van der Waals surface area contributed by atoms with Crippen LogP contribution in [0.5, 0.6) is 5.75 Å². The van der Waals surface area contributed by atoms with Gasteiger partial charge in [0.15, 0.2) is 11.6 Å². The molecule has 1 N–H and O–H groups in total. The fourth-order valence-electron chi connectivity index (χ4n) is 1.31. The first-order valence-corrected chi connectivity index (χ1v) is 3.85. The van der Waals surface area contributed by atoms with Gasteiger partial charge in [-0.15, -0.1) is 0 Å². The van der Waals surface area contributed by atoms with E-state index < -0.39 is 17.7 Å². The normalized spacial score (nSPS) is 27.5. The SMILES string of the molecule is [2H]C1(O)CCOc2c(F)cc(F)cc21. The molecule has 0 aromatic heterocycles. The van der Waals surface area contributed by atoms with Crippen LogP contribution in [-0.2, 0) is 0 Å². The third kappa shape index (κ3) is 1.37. The summed E-state index contributed by atoms with van der Waals surface area (Å²) in [6, 6.07) is 1.59. The standard InChI is InChI=1S/C9H8F2O2/c10-5-3-6-8(12)1-2-13-9(6)7(11)4-5/h3-4,8,12H,1-2H2/i8D. The molecule has 1 unspecified atom stereocenters. The summed E-state index contributed by atoms with van der Waals surface area (Å²) < 4.78 is 38.3. The highest BCUT2D eigenvalue weighted by molar-refractivity contribution is 5.38. The fraction of sp³-hybridized carbons (Fsp3) is 0.333. The summed E-state index contributed by atoms with van der Waals surface area (Å²) in [7, 11) is 0. The molecular formula is C9H8F2O2. The summed E-state index contributed by atoms with van der Waals surface area (Å²) in [6.45, 7) is 0.0511. The molecule has 4 heteroatoms. The molecule has 0 radical (unpaired) electrons. The van der Waals surface area contributed by atoms with Crippen molar-refractivity contribution in [3.05, 3.63) is 29.3 Å². The van der Waals surface area contributed by atoms with Gasteiger partial charge in [0.2, 0.25) is 0 Å². The molecule has 70 valence electrons. The van der Waals surface area contributed by atoms with Crippen LogP contribution in [0.1, 0.15) is 19.4 Å². The lowest BCUT2D eigenvalue weighted by atomic mass is 10.0. The summed E-state index contributed by atoms with van der Waals surface area (Å²) >= 11 is 0. The van der Waals surface area contributed by atoms with E-state index in [0.29, 0.717) is 6.07 Å². The second kappa shape index (κ2) is 2.96. The highest BCUT2D eigenvalue weighted by Gasteiger charge is 2.23. The average Bonchev–Trinajstić information content (AvgIpc) is 2.06.